The lowest BCUT2D eigenvalue weighted by Crippen LogP contribution is -2.57. The van der Waals surface area contributed by atoms with E-state index in [4.69, 9.17) is 19.0 Å². The molecule has 0 N–H and O–H groups in total. The van der Waals surface area contributed by atoms with Crippen LogP contribution in [-0.4, -0.2) is 73.8 Å². The summed E-state index contributed by atoms with van der Waals surface area (Å²) in [6, 6.07) is 35.1. The molecule has 84 heavy (non-hydrogen) atoms. The third-order valence-electron chi connectivity index (χ3n) is 14.5. The van der Waals surface area contributed by atoms with Gasteiger partial charge in [-0.3, -0.25) is 0 Å². The van der Waals surface area contributed by atoms with Crippen LogP contribution in [0.3, 0.4) is 0 Å². The SMILES string of the molecule is COc1ccccc1/C(=C1/N=C(c2ccc(C(C)(C)C)cc2)C=C1c1ccc(C(C)(C)C)cc1)c1c(-c2ccc(C(C)(C)C)cc2)cc(-c2ccc(C(C)(C)C)cc2)n1B(OCC(F)(F)C(F)(F)C(F)(F)F)OCC(F)(F)C(F)(F)C(F)(F)F. The number of allylic oxidation sites excluding steroid dienone is 2. The van der Waals surface area contributed by atoms with Crippen molar-refractivity contribution in [3.8, 4) is 28.1 Å². The standard InChI is InChI=1S/C64H65BF14N2O3/c1-55(2,3)42-26-18-38(19-27-42)47-34-49(40-22-30-44(31-23-40)57(7,8)9)80-53(47)52(46-16-14-15-17-51(46)82-13)54-48(39-20-28-43(29-21-39)56(4,5)6)35-50(41-24-32-45(33-25-41)58(10,11)12)81(54)65(83-36-59(66,67)61(70,71)63(74,75)76)84-37-60(68,69)62(72,73)64(77,78)79/h14-35H,36-37H2,1-13H3/b53-52-. The molecule has 0 radical (unpaired) electrons. The number of benzene rings is 5. The number of rotatable bonds is 16. The van der Waals surface area contributed by atoms with Gasteiger partial charge in [-0.05, 0) is 78.8 Å². The minimum absolute atomic E-state index is 0.000989. The number of nitrogens with zero attached hydrogens (tertiary/aromatic N) is 2. The first-order valence-electron chi connectivity index (χ1n) is 26.7. The second-order valence-electron chi connectivity index (χ2n) is 24.9. The van der Waals surface area contributed by atoms with Crippen molar-refractivity contribution in [2.75, 3.05) is 20.3 Å². The van der Waals surface area contributed by atoms with Gasteiger partial charge in [-0.25, -0.2) is 4.99 Å². The van der Waals surface area contributed by atoms with Crippen LogP contribution in [0.4, 0.5) is 61.5 Å². The van der Waals surface area contributed by atoms with E-state index in [1.807, 2.05) is 119 Å². The van der Waals surface area contributed by atoms with Crippen molar-refractivity contribution < 1.29 is 75.5 Å². The van der Waals surface area contributed by atoms with Crippen LogP contribution in [0, 0.1) is 0 Å². The second-order valence-corrected chi connectivity index (χ2v) is 24.9. The molecule has 20 heteroatoms. The Kier molecular flexibility index (Phi) is 17.5. The normalized spacial score (nSPS) is 15.1. The molecule has 1 aliphatic rings. The summed E-state index contributed by atoms with van der Waals surface area (Å²) < 4.78 is 223. The molecular weight excluding hydrogens is 1120 g/mol. The number of methoxy groups -OCH3 is 1. The van der Waals surface area contributed by atoms with Crippen molar-refractivity contribution in [3.63, 3.8) is 0 Å². The van der Waals surface area contributed by atoms with Crippen LogP contribution < -0.4 is 4.74 Å². The average Bonchev–Trinajstić information content (AvgIpc) is 1.75. The van der Waals surface area contributed by atoms with Gasteiger partial charge < -0.3 is 18.5 Å². The summed E-state index contributed by atoms with van der Waals surface area (Å²) in [5.41, 5.74) is 2.76. The van der Waals surface area contributed by atoms with E-state index in [0.717, 1.165) is 16.7 Å². The third kappa shape index (κ3) is 13.1. The van der Waals surface area contributed by atoms with Gasteiger partial charge in [0.15, 0.2) is 0 Å². The van der Waals surface area contributed by atoms with Gasteiger partial charge in [0.05, 0.1) is 24.2 Å². The number of aliphatic imine (C=N–C) groups is 1. The van der Waals surface area contributed by atoms with Crippen molar-refractivity contribution in [3.05, 3.63) is 184 Å². The molecule has 0 atom stereocenters. The number of hydrogen-bond donors (Lipinski definition) is 0. The molecule has 0 aliphatic carbocycles. The summed E-state index contributed by atoms with van der Waals surface area (Å²) in [6.45, 7) is 17.2. The maximum absolute atomic E-state index is 15.8. The second kappa shape index (κ2) is 22.6. The number of para-hydroxylation sites is 1. The minimum Gasteiger partial charge on any atom is -0.496 e. The zero-order valence-electron chi connectivity index (χ0n) is 48.6. The minimum atomic E-state index is -6.97. The Bertz CT molecular complexity index is 3380. The Morgan fingerprint density at radius 1 is 0.464 bits per heavy atom. The molecule has 2 heterocycles. The van der Waals surface area contributed by atoms with Crippen LogP contribution >= 0.6 is 0 Å². The maximum Gasteiger partial charge on any atom is 0.598 e. The molecule has 6 aromatic rings. The predicted molar refractivity (Wildman–Crippen MR) is 301 cm³/mol. The number of aromatic nitrogens is 1. The van der Waals surface area contributed by atoms with Crippen LogP contribution in [0.25, 0.3) is 33.5 Å². The van der Waals surface area contributed by atoms with E-state index in [9.17, 15) is 43.9 Å². The van der Waals surface area contributed by atoms with E-state index >= 15 is 17.6 Å². The van der Waals surface area contributed by atoms with E-state index < -0.39 is 67.3 Å². The smallest absolute Gasteiger partial charge is 0.496 e. The van der Waals surface area contributed by atoms with Crippen molar-refractivity contribution in [2.24, 2.45) is 4.99 Å². The van der Waals surface area contributed by atoms with Gasteiger partial charge in [0.1, 0.15) is 19.0 Å². The molecule has 0 saturated heterocycles. The zero-order chi connectivity index (χ0) is 62.8. The van der Waals surface area contributed by atoms with Crippen molar-refractivity contribution in [1.82, 2.24) is 4.48 Å². The van der Waals surface area contributed by atoms with E-state index in [2.05, 4.69) is 0 Å². The van der Waals surface area contributed by atoms with Gasteiger partial charge in [0, 0.05) is 33.5 Å². The summed E-state index contributed by atoms with van der Waals surface area (Å²) >= 11 is 0. The molecule has 1 aromatic heterocycles. The summed E-state index contributed by atoms with van der Waals surface area (Å²) in [4.78, 5) is 5.26. The van der Waals surface area contributed by atoms with E-state index in [0.29, 0.717) is 32.5 Å². The Morgan fingerprint density at radius 2 is 0.833 bits per heavy atom. The Morgan fingerprint density at radius 3 is 1.21 bits per heavy atom. The van der Waals surface area contributed by atoms with Gasteiger partial charge in [-0.2, -0.15) is 61.5 Å². The average molecular weight is 1190 g/mol. The fourth-order valence-electron chi connectivity index (χ4n) is 9.36. The van der Waals surface area contributed by atoms with Crippen LogP contribution in [0.2, 0.25) is 0 Å². The predicted octanol–water partition coefficient (Wildman–Crippen LogP) is 18.9. The lowest BCUT2D eigenvalue weighted by molar-refractivity contribution is -0.360. The van der Waals surface area contributed by atoms with Gasteiger partial charge in [-0.1, -0.05) is 198 Å². The van der Waals surface area contributed by atoms with Gasteiger partial charge in [0.2, 0.25) is 0 Å². The van der Waals surface area contributed by atoms with Crippen LogP contribution in [-0.2, 0) is 31.0 Å². The molecule has 1 aliphatic heterocycles. The first kappa shape index (κ1) is 64.9. The lowest BCUT2D eigenvalue weighted by Gasteiger charge is -2.31. The fourth-order valence-corrected chi connectivity index (χ4v) is 9.36. The first-order chi connectivity index (χ1) is 38.4. The van der Waals surface area contributed by atoms with E-state index in [1.165, 1.54) is 37.4 Å². The van der Waals surface area contributed by atoms with E-state index in [1.54, 1.807) is 66.7 Å². The van der Waals surface area contributed by atoms with E-state index in [-0.39, 0.29) is 61.5 Å². The topological polar surface area (TPSA) is 45.0 Å². The molecular formula is C64H65BF14N2O3. The molecule has 0 unspecified atom stereocenters. The zero-order valence-corrected chi connectivity index (χ0v) is 48.6. The summed E-state index contributed by atoms with van der Waals surface area (Å²) in [6.07, 6.45) is -12.2. The third-order valence-corrected chi connectivity index (χ3v) is 14.5. The highest BCUT2D eigenvalue weighted by atomic mass is 19.4. The number of halogens is 14. The molecule has 5 nitrogen and oxygen atoms in total. The Labute approximate surface area is 480 Å². The number of hydrogen-bond acceptors (Lipinski definition) is 4. The molecule has 0 fully saturated rings. The highest BCUT2D eigenvalue weighted by Crippen LogP contribution is 2.51. The Hall–Kier alpha value is -6.67. The summed E-state index contributed by atoms with van der Waals surface area (Å²) in [5.74, 6) is -26.3. The molecule has 0 spiro atoms. The molecule has 7 rings (SSSR count). The maximum atomic E-state index is 15.8. The largest absolute Gasteiger partial charge is 0.598 e. The van der Waals surface area contributed by atoms with Crippen LogP contribution in [0.15, 0.2) is 144 Å². The fraction of sp³-hybridized carbons (Fsp3) is 0.391. The lowest BCUT2D eigenvalue weighted by atomic mass is 9.84. The van der Waals surface area contributed by atoms with Crippen LogP contribution in [0.5, 0.6) is 5.75 Å². The van der Waals surface area contributed by atoms with Gasteiger partial charge >= 0.3 is 43.3 Å². The van der Waals surface area contributed by atoms with Gasteiger partial charge in [-0.15, -0.1) is 0 Å². The van der Waals surface area contributed by atoms with Crippen LogP contribution in [0.1, 0.15) is 128 Å². The summed E-state index contributed by atoms with van der Waals surface area (Å²) in [7, 11) is -2.00. The highest BCUT2D eigenvalue weighted by Gasteiger charge is 2.74. The van der Waals surface area contributed by atoms with Crippen molar-refractivity contribution in [1.29, 1.82) is 0 Å². The monoisotopic (exact) mass is 1190 g/mol. The van der Waals surface area contributed by atoms with Crippen molar-refractivity contribution >= 4 is 24.1 Å². The number of ether oxygens (including phenoxy) is 1. The highest BCUT2D eigenvalue weighted by molar-refractivity contribution is 6.44. The molecule has 0 bridgehead atoms. The Balaban J connectivity index is 1.74. The molecule has 450 valence electrons. The molecule has 5 aromatic carbocycles. The first-order valence-corrected chi connectivity index (χ1v) is 26.7. The molecule has 0 amide bonds. The van der Waals surface area contributed by atoms with Gasteiger partial charge in [0.25, 0.3) is 0 Å². The van der Waals surface area contributed by atoms with Crippen molar-refractivity contribution in [2.45, 2.75) is 141 Å². The number of alkyl halides is 14. The quantitative estimate of drug-likeness (QED) is 0.0717. The summed E-state index contributed by atoms with van der Waals surface area (Å²) in [5, 5.41) is 0. The molecule has 0 saturated carbocycles.